The monoisotopic (exact) mass is 308 g/mol. The van der Waals surface area contributed by atoms with E-state index in [-0.39, 0.29) is 12.6 Å². The lowest BCUT2D eigenvalue weighted by atomic mass is 10.2. The summed E-state index contributed by atoms with van der Waals surface area (Å²) in [4.78, 5) is 11.0. The van der Waals surface area contributed by atoms with E-state index in [1.54, 1.807) is 6.92 Å². The molecule has 1 aromatic carbocycles. The number of benzene rings is 1. The highest BCUT2D eigenvalue weighted by Gasteiger charge is 2.21. The molecule has 0 aliphatic heterocycles. The van der Waals surface area contributed by atoms with Crippen LogP contribution in [-0.4, -0.2) is 34.1 Å². The number of rotatable bonds is 5. The molecule has 1 atom stereocenters. The van der Waals surface area contributed by atoms with E-state index in [9.17, 15) is 22.0 Å². The van der Waals surface area contributed by atoms with Gasteiger partial charge in [0.25, 0.3) is 5.91 Å². The minimum atomic E-state index is -4.25. The van der Waals surface area contributed by atoms with E-state index in [2.05, 4.69) is 5.32 Å². The molecule has 112 valence electrons. The zero-order valence-corrected chi connectivity index (χ0v) is 11.6. The number of nitrogens with two attached hydrogens (primary N) is 1. The summed E-state index contributed by atoms with van der Waals surface area (Å²) in [6.07, 6.45) is -0.340. The first kappa shape index (κ1) is 16.5. The van der Waals surface area contributed by atoms with Gasteiger partial charge >= 0.3 is 0 Å². The number of halogens is 2. The number of sulfonamides is 1. The number of hydrogen-bond acceptors (Lipinski definition) is 4. The van der Waals surface area contributed by atoms with Gasteiger partial charge in [-0.1, -0.05) is 0 Å². The van der Waals surface area contributed by atoms with Crippen LogP contribution in [0.1, 0.15) is 17.3 Å². The van der Waals surface area contributed by atoms with Crippen LogP contribution in [0.4, 0.5) is 8.78 Å². The van der Waals surface area contributed by atoms with Gasteiger partial charge in [0.1, 0.15) is 0 Å². The van der Waals surface area contributed by atoms with Crippen LogP contribution in [0.15, 0.2) is 17.0 Å². The van der Waals surface area contributed by atoms with Gasteiger partial charge in [0, 0.05) is 13.7 Å². The van der Waals surface area contributed by atoms with E-state index in [0.717, 1.165) is 0 Å². The largest absolute Gasteiger partial charge is 0.380 e. The van der Waals surface area contributed by atoms with Crippen molar-refractivity contribution in [3.8, 4) is 0 Å². The predicted octanol–water partition coefficient (Wildman–Crippen LogP) is 0.377. The molecule has 0 aliphatic carbocycles. The van der Waals surface area contributed by atoms with Crippen molar-refractivity contribution in [1.82, 2.24) is 5.32 Å². The van der Waals surface area contributed by atoms with Crippen molar-refractivity contribution in [2.45, 2.75) is 17.9 Å². The molecule has 1 rings (SSSR count). The lowest BCUT2D eigenvalue weighted by molar-refractivity contribution is 0.0865. The highest BCUT2D eigenvalue weighted by Crippen LogP contribution is 2.18. The van der Waals surface area contributed by atoms with Crippen LogP contribution in [-0.2, 0) is 14.8 Å². The molecule has 9 heteroatoms. The van der Waals surface area contributed by atoms with E-state index in [4.69, 9.17) is 9.88 Å². The normalized spacial score (nSPS) is 13.1. The lowest BCUT2D eigenvalue weighted by Crippen LogP contribution is -2.32. The summed E-state index contributed by atoms with van der Waals surface area (Å²) in [6.45, 7) is 1.70. The molecule has 0 heterocycles. The first-order valence-electron chi connectivity index (χ1n) is 5.49. The fourth-order valence-electron chi connectivity index (χ4n) is 1.31. The number of ether oxygens (including phenoxy) is 1. The average Bonchev–Trinajstić information content (AvgIpc) is 2.37. The molecule has 1 amide bonds. The van der Waals surface area contributed by atoms with E-state index in [1.807, 2.05) is 0 Å². The van der Waals surface area contributed by atoms with E-state index in [1.165, 1.54) is 7.11 Å². The molecule has 1 aromatic rings. The molecule has 0 aromatic heterocycles. The molecule has 0 saturated carbocycles. The molecule has 0 radical (unpaired) electrons. The number of primary sulfonamides is 1. The summed E-state index contributed by atoms with van der Waals surface area (Å²) in [5.74, 6) is -3.88. The Bertz CT molecular complexity index is 619. The van der Waals surface area contributed by atoms with E-state index in [0.29, 0.717) is 12.1 Å². The number of carbonyl (C=O) groups excluding carboxylic acids is 1. The summed E-state index contributed by atoms with van der Waals surface area (Å²) in [6, 6.07) is 1.10. The summed E-state index contributed by atoms with van der Waals surface area (Å²) >= 11 is 0. The Balaban J connectivity index is 3.11. The molecule has 6 nitrogen and oxygen atoms in total. The highest BCUT2D eigenvalue weighted by atomic mass is 32.2. The van der Waals surface area contributed by atoms with Crippen molar-refractivity contribution in [1.29, 1.82) is 0 Å². The van der Waals surface area contributed by atoms with E-state index < -0.39 is 38.0 Å². The van der Waals surface area contributed by atoms with Gasteiger partial charge in [-0.05, 0) is 19.1 Å². The molecule has 20 heavy (non-hydrogen) atoms. The molecule has 0 bridgehead atoms. The van der Waals surface area contributed by atoms with Crippen LogP contribution in [0.25, 0.3) is 0 Å². The van der Waals surface area contributed by atoms with Crippen molar-refractivity contribution >= 4 is 15.9 Å². The second-order valence-corrected chi connectivity index (χ2v) is 5.63. The maximum absolute atomic E-state index is 13.5. The summed E-state index contributed by atoms with van der Waals surface area (Å²) in [5.41, 5.74) is -0.739. The molecular formula is C11H14F2N2O4S. The lowest BCUT2D eigenvalue weighted by Gasteiger charge is -2.12. The van der Waals surface area contributed by atoms with Gasteiger partial charge in [-0.3, -0.25) is 4.79 Å². The zero-order valence-electron chi connectivity index (χ0n) is 10.8. The van der Waals surface area contributed by atoms with Crippen LogP contribution in [0.5, 0.6) is 0 Å². The molecule has 0 aliphatic rings. The fourth-order valence-corrected chi connectivity index (χ4v) is 1.86. The number of nitrogens with one attached hydrogen (secondary N) is 1. The molecule has 3 N–H and O–H groups in total. The maximum Gasteiger partial charge on any atom is 0.254 e. The van der Waals surface area contributed by atoms with Crippen molar-refractivity contribution in [3.63, 3.8) is 0 Å². The Hall–Kier alpha value is -1.58. The molecule has 0 fully saturated rings. The van der Waals surface area contributed by atoms with Gasteiger partial charge < -0.3 is 10.1 Å². The quantitative estimate of drug-likeness (QED) is 0.821. The third-order valence-corrected chi connectivity index (χ3v) is 3.42. The van der Waals surface area contributed by atoms with Gasteiger partial charge in [-0.2, -0.15) is 0 Å². The Kier molecular flexibility index (Phi) is 5.15. The van der Waals surface area contributed by atoms with Crippen LogP contribution in [0.2, 0.25) is 0 Å². The van der Waals surface area contributed by atoms with Gasteiger partial charge in [0.2, 0.25) is 10.0 Å². The first-order valence-corrected chi connectivity index (χ1v) is 7.04. The third kappa shape index (κ3) is 3.95. The zero-order chi connectivity index (χ0) is 15.5. The van der Waals surface area contributed by atoms with Gasteiger partial charge in [0.05, 0.1) is 16.6 Å². The number of amides is 1. The van der Waals surface area contributed by atoms with Crippen molar-refractivity contribution in [2.75, 3.05) is 13.7 Å². The van der Waals surface area contributed by atoms with Crippen LogP contribution < -0.4 is 10.5 Å². The van der Waals surface area contributed by atoms with Crippen LogP contribution >= 0.6 is 0 Å². The topological polar surface area (TPSA) is 98.5 Å². The summed E-state index contributed by atoms with van der Waals surface area (Å²) < 4.78 is 53.9. The number of carbonyl (C=O) groups is 1. The molecule has 1 unspecified atom stereocenters. The summed E-state index contributed by atoms with van der Waals surface area (Å²) in [5, 5.41) is 7.11. The minimum absolute atomic E-state index is 0.0516. The third-order valence-electron chi connectivity index (χ3n) is 2.53. The Morgan fingerprint density at radius 1 is 1.45 bits per heavy atom. The Morgan fingerprint density at radius 3 is 2.55 bits per heavy atom. The average molecular weight is 308 g/mol. The second-order valence-electron chi connectivity index (χ2n) is 4.07. The standard InChI is InChI=1S/C11H14F2N2O4S/c1-6(19-2)5-15-11(16)8-3-7(20(14,17)18)4-9(12)10(8)13/h3-4,6H,5H2,1-2H3,(H,15,16)(H2,14,17,18). The summed E-state index contributed by atoms with van der Waals surface area (Å²) in [7, 11) is -2.83. The number of hydrogen-bond donors (Lipinski definition) is 2. The predicted molar refractivity (Wildman–Crippen MR) is 66.5 cm³/mol. The van der Waals surface area contributed by atoms with Gasteiger partial charge in [-0.25, -0.2) is 22.3 Å². The van der Waals surface area contributed by atoms with E-state index >= 15 is 0 Å². The van der Waals surface area contributed by atoms with Gasteiger partial charge in [0.15, 0.2) is 11.6 Å². The maximum atomic E-state index is 13.5. The van der Waals surface area contributed by atoms with Gasteiger partial charge in [-0.15, -0.1) is 0 Å². The van der Waals surface area contributed by atoms with Crippen LogP contribution in [0, 0.1) is 11.6 Å². The minimum Gasteiger partial charge on any atom is -0.380 e. The second kappa shape index (κ2) is 6.25. The Morgan fingerprint density at radius 2 is 2.05 bits per heavy atom. The van der Waals surface area contributed by atoms with Crippen molar-refractivity contribution < 1.29 is 26.7 Å². The molecular weight excluding hydrogens is 294 g/mol. The number of methoxy groups -OCH3 is 1. The fraction of sp³-hybridized carbons (Fsp3) is 0.364. The SMILES string of the molecule is COC(C)CNC(=O)c1cc(S(N)(=O)=O)cc(F)c1F. The smallest absolute Gasteiger partial charge is 0.254 e. The highest BCUT2D eigenvalue weighted by molar-refractivity contribution is 7.89. The van der Waals surface area contributed by atoms with Crippen molar-refractivity contribution in [3.05, 3.63) is 29.3 Å². The Labute approximate surface area is 115 Å². The van der Waals surface area contributed by atoms with Crippen molar-refractivity contribution in [2.24, 2.45) is 5.14 Å². The van der Waals surface area contributed by atoms with Crippen LogP contribution in [0.3, 0.4) is 0 Å². The molecule has 0 spiro atoms. The molecule has 0 saturated heterocycles. The first-order chi connectivity index (χ1) is 9.16.